The zero-order valence-corrected chi connectivity index (χ0v) is 12.9. The maximum Gasteiger partial charge on any atom is 0.241 e. The van der Waals surface area contributed by atoms with Gasteiger partial charge in [-0.05, 0) is 44.0 Å². The lowest BCUT2D eigenvalue weighted by Crippen LogP contribution is -2.37. The first-order valence-corrected chi connectivity index (χ1v) is 8.04. The summed E-state index contributed by atoms with van der Waals surface area (Å²) < 4.78 is 5.40. The molecular weight excluding hydrogens is 264 g/mol. The number of nitrogens with one attached hydrogen (secondary N) is 1. The molecule has 1 amide bonds. The van der Waals surface area contributed by atoms with Crippen molar-refractivity contribution in [3.63, 3.8) is 0 Å². The molecule has 0 saturated carbocycles. The van der Waals surface area contributed by atoms with Crippen molar-refractivity contribution in [2.45, 2.75) is 39.0 Å². The van der Waals surface area contributed by atoms with Crippen molar-refractivity contribution in [2.24, 2.45) is 0 Å². The molecule has 1 aliphatic rings. The molecule has 1 N–H and O–H groups in total. The van der Waals surface area contributed by atoms with Crippen molar-refractivity contribution in [3.05, 3.63) is 24.3 Å². The Morgan fingerprint density at radius 3 is 2.33 bits per heavy atom. The minimum atomic E-state index is 0.200. The highest BCUT2D eigenvalue weighted by Gasteiger charge is 2.14. The summed E-state index contributed by atoms with van der Waals surface area (Å²) in [5.41, 5.74) is 0.957. The predicted molar refractivity (Wildman–Crippen MR) is 85.8 cm³/mol. The van der Waals surface area contributed by atoms with Crippen molar-refractivity contribution >= 4 is 11.6 Å². The lowest BCUT2D eigenvalue weighted by Gasteiger charge is -2.25. The Bertz CT molecular complexity index is 423. The Morgan fingerprint density at radius 1 is 1.10 bits per heavy atom. The summed E-state index contributed by atoms with van der Waals surface area (Å²) in [4.78, 5) is 14.2. The molecule has 1 aliphatic heterocycles. The van der Waals surface area contributed by atoms with Gasteiger partial charge in [-0.2, -0.15) is 0 Å². The van der Waals surface area contributed by atoms with E-state index in [9.17, 15) is 4.79 Å². The second kappa shape index (κ2) is 8.55. The molecule has 0 atom stereocenters. The minimum absolute atomic E-state index is 0.200. The highest BCUT2D eigenvalue weighted by Crippen LogP contribution is 2.16. The Labute approximate surface area is 127 Å². The number of benzene rings is 1. The molecule has 0 aromatic heterocycles. The smallest absolute Gasteiger partial charge is 0.241 e. The van der Waals surface area contributed by atoms with Crippen molar-refractivity contribution in [3.8, 4) is 5.75 Å². The average Bonchev–Trinajstić information content (AvgIpc) is 2.46. The van der Waals surface area contributed by atoms with Crippen LogP contribution in [0.3, 0.4) is 0 Å². The van der Waals surface area contributed by atoms with E-state index in [1.807, 2.05) is 36.1 Å². The van der Waals surface area contributed by atoms with E-state index >= 15 is 0 Å². The number of nitrogens with zero attached hydrogens (tertiary/aromatic N) is 1. The Balaban J connectivity index is 1.79. The van der Waals surface area contributed by atoms with E-state index in [-0.39, 0.29) is 5.91 Å². The maximum absolute atomic E-state index is 12.2. The highest BCUT2D eigenvalue weighted by atomic mass is 16.5. The molecule has 0 aliphatic carbocycles. The van der Waals surface area contributed by atoms with Gasteiger partial charge < -0.3 is 15.0 Å². The van der Waals surface area contributed by atoms with Gasteiger partial charge in [0.1, 0.15) is 5.75 Å². The molecule has 1 aromatic carbocycles. The van der Waals surface area contributed by atoms with Crippen LogP contribution in [-0.2, 0) is 4.79 Å². The third-order valence-corrected chi connectivity index (χ3v) is 3.82. The molecule has 0 spiro atoms. The van der Waals surface area contributed by atoms with Crippen molar-refractivity contribution < 1.29 is 9.53 Å². The van der Waals surface area contributed by atoms with E-state index in [1.54, 1.807) is 0 Å². The van der Waals surface area contributed by atoms with E-state index in [0.717, 1.165) is 37.4 Å². The first-order chi connectivity index (χ1) is 10.3. The Hall–Kier alpha value is -1.71. The molecule has 1 heterocycles. The second-order valence-corrected chi connectivity index (χ2v) is 5.46. The van der Waals surface area contributed by atoms with E-state index in [0.29, 0.717) is 13.2 Å². The van der Waals surface area contributed by atoms with Crippen LogP contribution in [0.4, 0.5) is 5.69 Å². The molecule has 4 heteroatoms. The van der Waals surface area contributed by atoms with E-state index < -0.39 is 0 Å². The third kappa shape index (κ3) is 5.29. The molecular formula is C17H26N2O2. The number of amides is 1. The van der Waals surface area contributed by atoms with Gasteiger partial charge in [0.25, 0.3) is 0 Å². The fourth-order valence-electron chi connectivity index (χ4n) is 2.62. The summed E-state index contributed by atoms with van der Waals surface area (Å²) in [6.07, 6.45) is 6.07. The molecule has 4 nitrogen and oxygen atoms in total. The van der Waals surface area contributed by atoms with Gasteiger partial charge in [0.15, 0.2) is 0 Å². The van der Waals surface area contributed by atoms with Crippen LogP contribution in [0.5, 0.6) is 5.75 Å². The molecule has 1 fully saturated rings. The summed E-state index contributed by atoms with van der Waals surface area (Å²) in [7, 11) is 0. The zero-order chi connectivity index (χ0) is 14.9. The summed E-state index contributed by atoms with van der Waals surface area (Å²) in [6.45, 7) is 4.82. The standard InChI is InChI=1S/C17H26N2O2/c1-2-21-16-10-8-15(9-11-16)18-14-17(20)19-12-6-4-3-5-7-13-19/h8-11,18H,2-7,12-14H2,1H3. The predicted octanol–water partition coefficient (Wildman–Crippen LogP) is 3.29. The number of anilines is 1. The average molecular weight is 290 g/mol. The zero-order valence-electron chi connectivity index (χ0n) is 12.9. The van der Waals surface area contributed by atoms with Gasteiger partial charge in [0.2, 0.25) is 5.91 Å². The van der Waals surface area contributed by atoms with Crippen LogP contribution in [0, 0.1) is 0 Å². The Morgan fingerprint density at radius 2 is 1.71 bits per heavy atom. The van der Waals surface area contributed by atoms with Gasteiger partial charge in [0, 0.05) is 18.8 Å². The number of hydrogen-bond acceptors (Lipinski definition) is 3. The van der Waals surface area contributed by atoms with Crippen molar-refractivity contribution in [2.75, 3.05) is 31.6 Å². The van der Waals surface area contributed by atoms with Crippen LogP contribution < -0.4 is 10.1 Å². The molecule has 1 aromatic rings. The van der Waals surface area contributed by atoms with Crippen molar-refractivity contribution in [1.82, 2.24) is 4.90 Å². The first-order valence-electron chi connectivity index (χ1n) is 8.04. The molecule has 21 heavy (non-hydrogen) atoms. The lowest BCUT2D eigenvalue weighted by atomic mass is 10.1. The topological polar surface area (TPSA) is 41.6 Å². The maximum atomic E-state index is 12.2. The summed E-state index contributed by atoms with van der Waals surface area (Å²) in [5.74, 6) is 1.06. The number of rotatable bonds is 5. The van der Waals surface area contributed by atoms with Crippen LogP contribution in [0.1, 0.15) is 39.0 Å². The third-order valence-electron chi connectivity index (χ3n) is 3.82. The number of ether oxygens (including phenoxy) is 1. The quantitative estimate of drug-likeness (QED) is 0.904. The summed E-state index contributed by atoms with van der Waals surface area (Å²) >= 11 is 0. The monoisotopic (exact) mass is 290 g/mol. The van der Waals surface area contributed by atoms with E-state index in [2.05, 4.69) is 5.32 Å². The van der Waals surface area contributed by atoms with Crippen LogP contribution in [0.2, 0.25) is 0 Å². The highest BCUT2D eigenvalue weighted by molar-refractivity contribution is 5.80. The molecule has 0 unspecified atom stereocenters. The van der Waals surface area contributed by atoms with Gasteiger partial charge in [0.05, 0.1) is 13.2 Å². The van der Waals surface area contributed by atoms with Crippen LogP contribution in [0.25, 0.3) is 0 Å². The summed E-state index contributed by atoms with van der Waals surface area (Å²) in [5, 5.41) is 3.20. The van der Waals surface area contributed by atoms with Gasteiger partial charge in [-0.15, -0.1) is 0 Å². The Kier molecular flexibility index (Phi) is 6.38. The second-order valence-electron chi connectivity index (χ2n) is 5.46. The number of carbonyl (C=O) groups excluding carboxylic acids is 1. The fourth-order valence-corrected chi connectivity index (χ4v) is 2.62. The lowest BCUT2D eigenvalue weighted by molar-refractivity contribution is -0.129. The molecule has 0 radical (unpaired) electrons. The number of carbonyl (C=O) groups is 1. The van der Waals surface area contributed by atoms with E-state index in [4.69, 9.17) is 4.74 Å². The first kappa shape index (κ1) is 15.7. The van der Waals surface area contributed by atoms with Crippen LogP contribution >= 0.6 is 0 Å². The van der Waals surface area contributed by atoms with Gasteiger partial charge >= 0.3 is 0 Å². The van der Waals surface area contributed by atoms with Crippen molar-refractivity contribution in [1.29, 1.82) is 0 Å². The number of likely N-dealkylation sites (tertiary alicyclic amines) is 1. The fraction of sp³-hybridized carbons (Fsp3) is 0.588. The van der Waals surface area contributed by atoms with Crippen LogP contribution in [0.15, 0.2) is 24.3 Å². The van der Waals surface area contributed by atoms with Gasteiger partial charge in [-0.25, -0.2) is 0 Å². The molecule has 116 valence electrons. The molecule has 0 bridgehead atoms. The molecule has 1 saturated heterocycles. The largest absolute Gasteiger partial charge is 0.494 e. The number of hydrogen-bond donors (Lipinski definition) is 1. The molecule has 2 rings (SSSR count). The minimum Gasteiger partial charge on any atom is -0.494 e. The van der Waals surface area contributed by atoms with Gasteiger partial charge in [-0.1, -0.05) is 19.3 Å². The SMILES string of the molecule is CCOc1ccc(NCC(=O)N2CCCCCCC2)cc1. The van der Waals surface area contributed by atoms with Crippen LogP contribution in [-0.4, -0.2) is 37.0 Å². The summed E-state index contributed by atoms with van der Waals surface area (Å²) in [6, 6.07) is 7.75. The van der Waals surface area contributed by atoms with Gasteiger partial charge in [-0.3, -0.25) is 4.79 Å². The normalized spacial score (nSPS) is 16.0. The van der Waals surface area contributed by atoms with E-state index in [1.165, 1.54) is 19.3 Å².